The van der Waals surface area contributed by atoms with Crippen molar-refractivity contribution in [3.05, 3.63) is 11.6 Å². The van der Waals surface area contributed by atoms with E-state index < -0.39 is 5.97 Å². The highest BCUT2D eigenvalue weighted by Crippen LogP contribution is 2.08. The number of nitriles is 1. The summed E-state index contributed by atoms with van der Waals surface area (Å²) < 4.78 is 10.9. The number of hydrogen-bond donors (Lipinski definition) is 0. The van der Waals surface area contributed by atoms with E-state index in [1.807, 2.05) is 26.8 Å². The predicted molar refractivity (Wildman–Crippen MR) is 79.1 cm³/mol. The molecule has 0 saturated heterocycles. The van der Waals surface area contributed by atoms with Crippen LogP contribution in [0.15, 0.2) is 11.6 Å². The molecular formula is C16H27NO3. The van der Waals surface area contributed by atoms with Crippen LogP contribution in [0.5, 0.6) is 0 Å². The monoisotopic (exact) mass is 281 g/mol. The molecule has 0 amide bonds. The van der Waals surface area contributed by atoms with E-state index in [4.69, 9.17) is 14.7 Å². The van der Waals surface area contributed by atoms with Crippen molar-refractivity contribution >= 4 is 5.97 Å². The molecule has 2 unspecified atom stereocenters. The van der Waals surface area contributed by atoms with E-state index in [0.717, 1.165) is 32.1 Å². The second kappa shape index (κ2) is 11.5. The van der Waals surface area contributed by atoms with Crippen LogP contribution in [0.25, 0.3) is 0 Å². The number of allylic oxidation sites excluding steroid dienone is 1. The standard InChI is InChI=1S/C16H27NO3/c1-5-8-9-10-14(11-17)16(18)19-12-15(7-3)20-13(4)6-2/h10,13,15H,5-9,12H2,1-4H3. The topological polar surface area (TPSA) is 59.3 Å². The fourth-order valence-corrected chi connectivity index (χ4v) is 1.55. The van der Waals surface area contributed by atoms with E-state index in [9.17, 15) is 4.79 Å². The van der Waals surface area contributed by atoms with Crippen molar-refractivity contribution in [1.82, 2.24) is 0 Å². The fourth-order valence-electron chi connectivity index (χ4n) is 1.55. The Labute approximate surface area is 122 Å². The van der Waals surface area contributed by atoms with Crippen molar-refractivity contribution in [3.63, 3.8) is 0 Å². The van der Waals surface area contributed by atoms with Gasteiger partial charge in [0.2, 0.25) is 0 Å². The van der Waals surface area contributed by atoms with Gasteiger partial charge in [-0.2, -0.15) is 5.26 Å². The molecule has 0 spiro atoms. The van der Waals surface area contributed by atoms with Gasteiger partial charge >= 0.3 is 5.97 Å². The number of unbranched alkanes of at least 4 members (excludes halogenated alkanes) is 2. The van der Waals surface area contributed by atoms with Gasteiger partial charge in [0.15, 0.2) is 0 Å². The van der Waals surface area contributed by atoms with Crippen molar-refractivity contribution in [1.29, 1.82) is 5.26 Å². The second-order valence-electron chi connectivity index (χ2n) is 4.86. The second-order valence-corrected chi connectivity index (χ2v) is 4.86. The zero-order chi connectivity index (χ0) is 15.4. The molecule has 2 atom stereocenters. The van der Waals surface area contributed by atoms with Gasteiger partial charge in [0.05, 0.1) is 12.2 Å². The number of esters is 1. The Morgan fingerprint density at radius 3 is 2.50 bits per heavy atom. The Hall–Kier alpha value is -1.34. The van der Waals surface area contributed by atoms with Crippen LogP contribution in [-0.2, 0) is 14.3 Å². The highest BCUT2D eigenvalue weighted by atomic mass is 16.6. The first kappa shape index (κ1) is 18.7. The summed E-state index contributed by atoms with van der Waals surface area (Å²) in [4.78, 5) is 11.8. The highest BCUT2D eigenvalue weighted by Gasteiger charge is 2.15. The SMILES string of the molecule is CCCCC=C(C#N)C(=O)OCC(CC)OC(C)CC. The Kier molecular flexibility index (Phi) is 10.7. The van der Waals surface area contributed by atoms with E-state index in [1.54, 1.807) is 6.08 Å². The minimum atomic E-state index is -0.546. The Morgan fingerprint density at radius 2 is 2.00 bits per heavy atom. The number of rotatable bonds is 10. The summed E-state index contributed by atoms with van der Waals surface area (Å²) in [5.41, 5.74) is 0.0943. The molecule has 0 heterocycles. The molecule has 4 nitrogen and oxygen atoms in total. The maximum Gasteiger partial charge on any atom is 0.348 e. The molecule has 0 rings (SSSR count). The zero-order valence-electron chi connectivity index (χ0n) is 13.1. The molecule has 114 valence electrons. The summed E-state index contributed by atoms with van der Waals surface area (Å²) in [6, 6.07) is 1.90. The van der Waals surface area contributed by atoms with Gasteiger partial charge in [-0.05, 0) is 26.2 Å². The summed E-state index contributed by atoms with van der Waals surface area (Å²) in [6.07, 6.45) is 6.12. The lowest BCUT2D eigenvalue weighted by molar-refractivity contribution is -0.144. The molecule has 0 N–H and O–H groups in total. The first-order valence-electron chi connectivity index (χ1n) is 7.51. The molecule has 20 heavy (non-hydrogen) atoms. The van der Waals surface area contributed by atoms with Gasteiger partial charge in [-0.1, -0.05) is 39.7 Å². The third kappa shape index (κ3) is 7.96. The van der Waals surface area contributed by atoms with Crippen LogP contribution in [0.2, 0.25) is 0 Å². The van der Waals surface area contributed by atoms with Crippen LogP contribution >= 0.6 is 0 Å². The quantitative estimate of drug-likeness (QED) is 0.265. The third-order valence-corrected chi connectivity index (χ3v) is 3.10. The van der Waals surface area contributed by atoms with Crippen molar-refractivity contribution in [2.75, 3.05) is 6.61 Å². The van der Waals surface area contributed by atoms with Gasteiger partial charge in [-0.15, -0.1) is 0 Å². The molecule has 0 aromatic heterocycles. The van der Waals surface area contributed by atoms with Crippen molar-refractivity contribution in [2.24, 2.45) is 0 Å². The maximum atomic E-state index is 11.8. The number of hydrogen-bond acceptors (Lipinski definition) is 4. The van der Waals surface area contributed by atoms with Crippen LogP contribution in [0.3, 0.4) is 0 Å². The zero-order valence-corrected chi connectivity index (χ0v) is 13.1. The fraction of sp³-hybridized carbons (Fsp3) is 0.750. The number of carbonyl (C=O) groups is 1. The molecule has 0 aliphatic rings. The average Bonchev–Trinajstić information content (AvgIpc) is 2.47. The van der Waals surface area contributed by atoms with Crippen LogP contribution in [-0.4, -0.2) is 24.8 Å². The van der Waals surface area contributed by atoms with E-state index in [-0.39, 0.29) is 24.4 Å². The van der Waals surface area contributed by atoms with Crippen molar-refractivity contribution < 1.29 is 14.3 Å². The lowest BCUT2D eigenvalue weighted by atomic mass is 10.2. The Balaban J connectivity index is 4.29. The van der Waals surface area contributed by atoms with Gasteiger partial charge in [-0.3, -0.25) is 0 Å². The predicted octanol–water partition coefficient (Wildman–Crippen LogP) is 3.76. The van der Waals surface area contributed by atoms with E-state index in [1.165, 1.54) is 0 Å². The average molecular weight is 281 g/mol. The molecule has 0 aliphatic carbocycles. The molecule has 0 aliphatic heterocycles. The number of nitrogens with zero attached hydrogens (tertiary/aromatic N) is 1. The minimum absolute atomic E-state index is 0.0943. The summed E-state index contributed by atoms with van der Waals surface area (Å²) in [5.74, 6) is -0.546. The summed E-state index contributed by atoms with van der Waals surface area (Å²) >= 11 is 0. The van der Waals surface area contributed by atoms with Crippen LogP contribution in [0.4, 0.5) is 0 Å². The van der Waals surface area contributed by atoms with Gasteiger partial charge in [0.1, 0.15) is 18.2 Å². The molecule has 0 aromatic rings. The van der Waals surface area contributed by atoms with Gasteiger partial charge in [0.25, 0.3) is 0 Å². The van der Waals surface area contributed by atoms with Gasteiger partial charge < -0.3 is 9.47 Å². The number of carbonyl (C=O) groups excluding carboxylic acids is 1. The Morgan fingerprint density at radius 1 is 1.30 bits per heavy atom. The smallest absolute Gasteiger partial charge is 0.348 e. The van der Waals surface area contributed by atoms with Crippen LogP contribution in [0.1, 0.15) is 59.8 Å². The first-order chi connectivity index (χ1) is 9.58. The molecule has 0 fully saturated rings. The largest absolute Gasteiger partial charge is 0.459 e. The molecular weight excluding hydrogens is 254 g/mol. The van der Waals surface area contributed by atoms with E-state index in [2.05, 4.69) is 6.92 Å². The van der Waals surface area contributed by atoms with Gasteiger partial charge in [0, 0.05) is 0 Å². The molecule has 4 heteroatoms. The molecule has 0 bridgehead atoms. The molecule has 0 saturated carbocycles. The normalized spacial score (nSPS) is 14.4. The van der Waals surface area contributed by atoms with Crippen molar-refractivity contribution in [2.45, 2.75) is 72.0 Å². The third-order valence-electron chi connectivity index (χ3n) is 3.10. The number of ether oxygens (including phenoxy) is 2. The lowest BCUT2D eigenvalue weighted by Gasteiger charge is -2.20. The van der Waals surface area contributed by atoms with Crippen LogP contribution < -0.4 is 0 Å². The maximum absolute atomic E-state index is 11.8. The lowest BCUT2D eigenvalue weighted by Crippen LogP contribution is -2.25. The molecule has 0 aromatic carbocycles. The minimum Gasteiger partial charge on any atom is -0.459 e. The summed E-state index contributed by atoms with van der Waals surface area (Å²) in [5, 5.41) is 8.95. The highest BCUT2D eigenvalue weighted by molar-refractivity contribution is 5.92. The van der Waals surface area contributed by atoms with Crippen LogP contribution in [0, 0.1) is 11.3 Å². The van der Waals surface area contributed by atoms with Crippen molar-refractivity contribution in [3.8, 4) is 6.07 Å². The van der Waals surface area contributed by atoms with E-state index in [0.29, 0.717) is 0 Å². The summed E-state index contributed by atoms with van der Waals surface area (Å²) in [7, 11) is 0. The van der Waals surface area contributed by atoms with E-state index >= 15 is 0 Å². The first-order valence-corrected chi connectivity index (χ1v) is 7.51. The molecule has 0 radical (unpaired) electrons. The Bertz CT molecular complexity index is 344. The van der Waals surface area contributed by atoms with Gasteiger partial charge in [-0.25, -0.2) is 4.79 Å². The summed E-state index contributed by atoms with van der Waals surface area (Å²) in [6.45, 7) is 8.30.